The number of anilines is 3. The number of pyridine rings is 1. The van der Waals surface area contributed by atoms with Gasteiger partial charge in [0.1, 0.15) is 5.82 Å². The summed E-state index contributed by atoms with van der Waals surface area (Å²) < 4.78 is 0. The monoisotopic (exact) mass is 410 g/mol. The summed E-state index contributed by atoms with van der Waals surface area (Å²) in [6, 6.07) is 4.79. The summed E-state index contributed by atoms with van der Waals surface area (Å²) in [7, 11) is 4.32. The van der Waals surface area contributed by atoms with Gasteiger partial charge in [-0.2, -0.15) is 4.98 Å². The molecule has 2 fully saturated rings. The molecule has 2 aromatic heterocycles. The Balaban J connectivity index is 1.36. The molecule has 8 nitrogen and oxygen atoms in total. The maximum absolute atomic E-state index is 5.62. The van der Waals surface area contributed by atoms with Crippen LogP contribution in [0.25, 0.3) is 0 Å². The first-order chi connectivity index (χ1) is 14.6. The maximum atomic E-state index is 5.62. The number of nitrogens with zero attached hydrogens (tertiary/aromatic N) is 5. The Kier molecular flexibility index (Phi) is 6.76. The van der Waals surface area contributed by atoms with Gasteiger partial charge in [-0.15, -0.1) is 0 Å². The molecule has 0 radical (unpaired) electrons. The average Bonchev–Trinajstić information content (AvgIpc) is 3.47. The summed E-state index contributed by atoms with van der Waals surface area (Å²) in [5.74, 6) is 2.12. The van der Waals surface area contributed by atoms with Crippen LogP contribution in [0.1, 0.15) is 42.9 Å². The predicted octanol–water partition coefficient (Wildman–Crippen LogP) is 2.39. The van der Waals surface area contributed by atoms with Crippen molar-refractivity contribution < 1.29 is 0 Å². The van der Waals surface area contributed by atoms with E-state index in [2.05, 4.69) is 56.6 Å². The van der Waals surface area contributed by atoms with Crippen LogP contribution < -0.4 is 16.4 Å². The van der Waals surface area contributed by atoms with Crippen molar-refractivity contribution in [1.29, 1.82) is 0 Å². The second-order valence-electron chi connectivity index (χ2n) is 8.65. The van der Waals surface area contributed by atoms with Crippen molar-refractivity contribution >= 4 is 17.5 Å². The van der Waals surface area contributed by atoms with E-state index in [1.165, 1.54) is 24.8 Å². The fourth-order valence-electron chi connectivity index (χ4n) is 3.92. The van der Waals surface area contributed by atoms with Gasteiger partial charge in [0.25, 0.3) is 0 Å². The van der Waals surface area contributed by atoms with E-state index in [0.717, 1.165) is 49.8 Å². The van der Waals surface area contributed by atoms with Gasteiger partial charge in [-0.05, 0) is 64.4 Å². The third-order valence-corrected chi connectivity index (χ3v) is 5.95. The lowest BCUT2D eigenvalue weighted by Gasteiger charge is -2.20. The summed E-state index contributed by atoms with van der Waals surface area (Å²) in [6.45, 7) is 4.63. The Morgan fingerprint density at radius 3 is 2.70 bits per heavy atom. The lowest BCUT2D eigenvalue weighted by molar-refractivity contribution is 0.263. The van der Waals surface area contributed by atoms with Crippen molar-refractivity contribution in [3.63, 3.8) is 0 Å². The molecule has 1 saturated carbocycles. The number of likely N-dealkylation sites (N-methyl/N-ethyl adjacent to an activating group) is 1. The summed E-state index contributed by atoms with van der Waals surface area (Å²) in [4.78, 5) is 18.7. The molecule has 1 atom stereocenters. The number of nitrogens with two attached hydrogens (primary N) is 1. The molecule has 0 bridgehead atoms. The highest BCUT2D eigenvalue weighted by Crippen LogP contribution is 2.42. The lowest BCUT2D eigenvalue weighted by atomic mass is 10.2. The summed E-state index contributed by atoms with van der Waals surface area (Å²) >= 11 is 0. The second kappa shape index (κ2) is 9.68. The number of likely N-dealkylation sites (tertiary alicyclic amines) is 1. The molecule has 4 N–H and O–H groups in total. The minimum absolute atomic E-state index is 0.595. The van der Waals surface area contributed by atoms with E-state index in [-0.39, 0.29) is 0 Å². The Hall–Kier alpha value is -2.29. The summed E-state index contributed by atoms with van der Waals surface area (Å²) in [5, 5.41) is 6.72. The van der Waals surface area contributed by atoms with E-state index in [0.29, 0.717) is 24.5 Å². The van der Waals surface area contributed by atoms with Crippen LogP contribution in [0.5, 0.6) is 0 Å². The minimum atomic E-state index is 0.595. The SMILES string of the molecule is CN(C)[C@@H]1CCN(Cc2ccc(Nc3ncc(C4CC4)c(NCCCN)n3)cn2)C1. The van der Waals surface area contributed by atoms with Gasteiger partial charge in [0.05, 0.1) is 17.6 Å². The zero-order valence-corrected chi connectivity index (χ0v) is 18.1. The Bertz CT molecular complexity index is 818. The molecule has 1 saturated heterocycles. The third kappa shape index (κ3) is 5.44. The van der Waals surface area contributed by atoms with E-state index in [9.17, 15) is 0 Å². The highest BCUT2D eigenvalue weighted by molar-refractivity contribution is 5.56. The fraction of sp³-hybridized carbons (Fsp3) is 0.591. The molecular weight excluding hydrogens is 376 g/mol. The normalized spacial score (nSPS) is 19.4. The average molecular weight is 411 g/mol. The summed E-state index contributed by atoms with van der Waals surface area (Å²) in [5.41, 5.74) is 8.83. The zero-order chi connectivity index (χ0) is 20.9. The van der Waals surface area contributed by atoms with Gasteiger partial charge in [0, 0.05) is 44.0 Å². The van der Waals surface area contributed by atoms with Crippen LogP contribution in [0, 0.1) is 0 Å². The van der Waals surface area contributed by atoms with Gasteiger partial charge in [-0.3, -0.25) is 9.88 Å². The van der Waals surface area contributed by atoms with Crippen LogP contribution in [0.4, 0.5) is 17.5 Å². The van der Waals surface area contributed by atoms with E-state index >= 15 is 0 Å². The van der Waals surface area contributed by atoms with E-state index in [1.54, 1.807) is 0 Å². The largest absolute Gasteiger partial charge is 0.370 e. The van der Waals surface area contributed by atoms with Gasteiger partial charge < -0.3 is 21.3 Å². The van der Waals surface area contributed by atoms with Crippen LogP contribution in [-0.2, 0) is 6.54 Å². The van der Waals surface area contributed by atoms with Gasteiger partial charge in [-0.25, -0.2) is 4.98 Å². The first-order valence-electron chi connectivity index (χ1n) is 11.0. The number of hydrogen-bond donors (Lipinski definition) is 3. The molecule has 1 aliphatic carbocycles. The lowest BCUT2D eigenvalue weighted by Crippen LogP contribution is -2.31. The molecule has 162 valence electrons. The number of hydrogen-bond acceptors (Lipinski definition) is 8. The standard InChI is InChI=1S/C22H34N8/c1-29(2)19-8-11-30(15-19)14-18-7-6-17(12-25-18)27-22-26-13-20(16-4-5-16)21(28-22)24-10-3-9-23/h6-7,12-13,16,19H,3-5,8-11,14-15,23H2,1-2H3,(H2,24,26,27,28)/t19-/m1/s1. The predicted molar refractivity (Wildman–Crippen MR) is 121 cm³/mol. The van der Waals surface area contributed by atoms with Crippen molar-refractivity contribution in [1.82, 2.24) is 24.8 Å². The molecule has 30 heavy (non-hydrogen) atoms. The molecule has 8 heteroatoms. The van der Waals surface area contributed by atoms with Crippen LogP contribution >= 0.6 is 0 Å². The summed E-state index contributed by atoms with van der Waals surface area (Å²) in [6.07, 6.45) is 8.42. The van der Waals surface area contributed by atoms with Crippen molar-refractivity contribution in [2.75, 3.05) is 50.9 Å². The Morgan fingerprint density at radius 1 is 1.17 bits per heavy atom. The molecule has 2 aliphatic rings. The van der Waals surface area contributed by atoms with Gasteiger partial charge in [-0.1, -0.05) is 0 Å². The van der Waals surface area contributed by atoms with Crippen molar-refractivity contribution in [2.45, 2.75) is 44.2 Å². The van der Waals surface area contributed by atoms with Crippen molar-refractivity contribution in [3.05, 3.63) is 35.8 Å². The highest BCUT2D eigenvalue weighted by Gasteiger charge is 2.27. The van der Waals surface area contributed by atoms with E-state index in [1.807, 2.05) is 12.4 Å². The van der Waals surface area contributed by atoms with Crippen LogP contribution in [-0.4, -0.2) is 71.1 Å². The molecule has 2 aromatic rings. The number of nitrogens with one attached hydrogen (secondary N) is 2. The maximum Gasteiger partial charge on any atom is 0.229 e. The number of rotatable bonds is 10. The fourth-order valence-corrected chi connectivity index (χ4v) is 3.92. The van der Waals surface area contributed by atoms with E-state index in [4.69, 9.17) is 10.7 Å². The molecule has 3 heterocycles. The number of aromatic nitrogens is 3. The smallest absolute Gasteiger partial charge is 0.229 e. The zero-order valence-electron chi connectivity index (χ0n) is 18.1. The van der Waals surface area contributed by atoms with Gasteiger partial charge in [0.2, 0.25) is 5.95 Å². The first kappa shape index (κ1) is 21.0. The van der Waals surface area contributed by atoms with Gasteiger partial charge in [0.15, 0.2) is 0 Å². The second-order valence-corrected chi connectivity index (χ2v) is 8.65. The van der Waals surface area contributed by atoms with Crippen LogP contribution in [0.15, 0.2) is 24.5 Å². The molecule has 0 spiro atoms. The van der Waals surface area contributed by atoms with Crippen molar-refractivity contribution in [2.24, 2.45) is 5.73 Å². The molecular formula is C22H34N8. The highest BCUT2D eigenvalue weighted by atomic mass is 15.2. The molecule has 4 rings (SSSR count). The topological polar surface area (TPSA) is 95.2 Å². The van der Waals surface area contributed by atoms with E-state index < -0.39 is 0 Å². The Morgan fingerprint density at radius 2 is 2.03 bits per heavy atom. The third-order valence-electron chi connectivity index (χ3n) is 5.95. The quantitative estimate of drug-likeness (QED) is 0.514. The molecule has 0 aromatic carbocycles. The Labute approximate surface area is 179 Å². The molecule has 0 unspecified atom stereocenters. The van der Waals surface area contributed by atoms with Crippen LogP contribution in [0.2, 0.25) is 0 Å². The van der Waals surface area contributed by atoms with Crippen LogP contribution in [0.3, 0.4) is 0 Å². The first-order valence-corrected chi connectivity index (χ1v) is 11.0. The minimum Gasteiger partial charge on any atom is -0.370 e. The molecule has 0 amide bonds. The van der Waals surface area contributed by atoms with Crippen molar-refractivity contribution in [3.8, 4) is 0 Å². The molecule has 1 aliphatic heterocycles. The van der Waals surface area contributed by atoms with Gasteiger partial charge >= 0.3 is 0 Å².